The van der Waals surface area contributed by atoms with Gasteiger partial charge in [0.15, 0.2) is 0 Å². The number of nitriles is 1. The third-order valence-electron chi connectivity index (χ3n) is 2.88. The third-order valence-corrected chi connectivity index (χ3v) is 2.88. The van der Waals surface area contributed by atoms with Crippen LogP contribution in [0.3, 0.4) is 0 Å². The molecule has 4 nitrogen and oxygen atoms in total. The molecule has 0 bridgehead atoms. The zero-order chi connectivity index (χ0) is 14.3. The van der Waals surface area contributed by atoms with Gasteiger partial charge in [0.25, 0.3) is 0 Å². The molecule has 0 unspecified atom stereocenters. The molecule has 0 saturated heterocycles. The highest BCUT2D eigenvalue weighted by Gasteiger charge is 2.17. The Hall–Kier alpha value is -1.64. The predicted octanol–water partition coefficient (Wildman–Crippen LogP) is 2.21. The average molecular weight is 265 g/mol. The van der Waals surface area contributed by atoms with Gasteiger partial charge in [-0.3, -0.25) is 0 Å². The summed E-state index contributed by atoms with van der Waals surface area (Å²) in [5.41, 5.74) is 7.11. The van der Waals surface area contributed by atoms with Crippen LogP contribution in [0.1, 0.15) is 24.9 Å². The molecule has 0 aliphatic rings. The largest absolute Gasteiger partial charge is 0.383 e. The first-order chi connectivity index (χ1) is 9.11. The second-order valence-electron chi connectivity index (χ2n) is 4.35. The second kappa shape index (κ2) is 7.72. The highest BCUT2D eigenvalue weighted by Crippen LogP contribution is 2.28. The van der Waals surface area contributed by atoms with Crippen molar-refractivity contribution in [3.05, 3.63) is 29.6 Å². The van der Waals surface area contributed by atoms with Crippen molar-refractivity contribution >= 4 is 5.69 Å². The number of ether oxygens (including phenoxy) is 1. The standard InChI is InChI=1S/C14H20FN3O/c1-11(17)12-5-3-6-13(15)14(12)18(8-4-7-16)9-10-19-2/h3,5-6,11H,4,8-10,17H2,1-2H3/t11-/m0/s1. The fourth-order valence-electron chi connectivity index (χ4n) is 1.95. The van der Waals surface area contributed by atoms with Crippen molar-refractivity contribution in [1.29, 1.82) is 5.26 Å². The third kappa shape index (κ3) is 4.19. The van der Waals surface area contributed by atoms with E-state index in [4.69, 9.17) is 15.7 Å². The van der Waals surface area contributed by atoms with Gasteiger partial charge in [0.1, 0.15) is 5.82 Å². The Morgan fingerprint density at radius 2 is 2.21 bits per heavy atom. The lowest BCUT2D eigenvalue weighted by atomic mass is 10.0. The van der Waals surface area contributed by atoms with E-state index in [1.807, 2.05) is 17.9 Å². The number of nitrogens with zero attached hydrogens (tertiary/aromatic N) is 2. The van der Waals surface area contributed by atoms with E-state index in [1.165, 1.54) is 6.07 Å². The molecule has 0 aromatic heterocycles. The molecular weight excluding hydrogens is 245 g/mol. The fourth-order valence-corrected chi connectivity index (χ4v) is 1.95. The van der Waals surface area contributed by atoms with Gasteiger partial charge in [-0.15, -0.1) is 0 Å². The molecule has 1 rings (SSSR count). The minimum absolute atomic E-state index is 0.266. The Bertz CT molecular complexity index is 443. The van der Waals surface area contributed by atoms with Crippen LogP contribution in [0.15, 0.2) is 18.2 Å². The Labute approximate surface area is 113 Å². The number of para-hydroxylation sites is 1. The number of hydrogen-bond acceptors (Lipinski definition) is 4. The maximum atomic E-state index is 14.1. The molecule has 1 atom stereocenters. The van der Waals surface area contributed by atoms with Gasteiger partial charge in [0.2, 0.25) is 0 Å². The summed E-state index contributed by atoms with van der Waals surface area (Å²) in [5.74, 6) is -0.316. The van der Waals surface area contributed by atoms with Crippen LogP contribution < -0.4 is 10.6 Å². The molecule has 0 fully saturated rings. The van der Waals surface area contributed by atoms with E-state index in [1.54, 1.807) is 13.2 Å². The maximum Gasteiger partial charge on any atom is 0.146 e. The molecule has 19 heavy (non-hydrogen) atoms. The lowest BCUT2D eigenvalue weighted by Gasteiger charge is -2.27. The lowest BCUT2D eigenvalue weighted by molar-refractivity contribution is 0.205. The molecular formula is C14H20FN3O. The van der Waals surface area contributed by atoms with Gasteiger partial charge in [-0.2, -0.15) is 5.26 Å². The molecule has 5 heteroatoms. The number of halogens is 1. The number of rotatable bonds is 7. The smallest absolute Gasteiger partial charge is 0.146 e. The number of nitrogens with two attached hydrogens (primary N) is 1. The van der Waals surface area contributed by atoms with E-state index in [9.17, 15) is 4.39 Å². The summed E-state index contributed by atoms with van der Waals surface area (Å²) >= 11 is 0. The molecule has 0 spiro atoms. The zero-order valence-electron chi connectivity index (χ0n) is 11.4. The highest BCUT2D eigenvalue weighted by atomic mass is 19.1. The number of benzene rings is 1. The summed E-state index contributed by atoms with van der Waals surface area (Å²) in [6.07, 6.45) is 0.330. The Kier molecular flexibility index (Phi) is 6.26. The molecule has 0 heterocycles. The van der Waals surface area contributed by atoms with E-state index in [0.717, 1.165) is 5.56 Å². The van der Waals surface area contributed by atoms with Gasteiger partial charge in [-0.05, 0) is 18.6 Å². The molecule has 0 amide bonds. The van der Waals surface area contributed by atoms with E-state index in [-0.39, 0.29) is 11.9 Å². The van der Waals surface area contributed by atoms with Crippen molar-refractivity contribution in [3.8, 4) is 6.07 Å². The van der Waals surface area contributed by atoms with Crippen LogP contribution in [0.4, 0.5) is 10.1 Å². The summed E-state index contributed by atoms with van der Waals surface area (Å²) in [4.78, 5) is 1.82. The number of methoxy groups -OCH3 is 1. The quantitative estimate of drug-likeness (QED) is 0.821. The SMILES string of the molecule is COCCN(CCC#N)c1c(F)cccc1[C@H](C)N. The van der Waals surface area contributed by atoms with Gasteiger partial charge < -0.3 is 15.4 Å². The molecule has 104 valence electrons. The molecule has 1 aromatic carbocycles. The fraction of sp³-hybridized carbons (Fsp3) is 0.500. The maximum absolute atomic E-state index is 14.1. The Morgan fingerprint density at radius 1 is 1.47 bits per heavy atom. The second-order valence-corrected chi connectivity index (χ2v) is 4.35. The van der Waals surface area contributed by atoms with Crippen molar-refractivity contribution in [2.45, 2.75) is 19.4 Å². The molecule has 0 aliphatic carbocycles. The van der Waals surface area contributed by atoms with Crippen LogP contribution in [0.2, 0.25) is 0 Å². The van der Waals surface area contributed by atoms with Crippen LogP contribution >= 0.6 is 0 Å². The molecule has 1 aromatic rings. The first-order valence-corrected chi connectivity index (χ1v) is 6.26. The van der Waals surface area contributed by atoms with E-state index < -0.39 is 0 Å². The van der Waals surface area contributed by atoms with Crippen LogP contribution in [0.5, 0.6) is 0 Å². The van der Waals surface area contributed by atoms with Crippen molar-refractivity contribution in [1.82, 2.24) is 0 Å². The minimum Gasteiger partial charge on any atom is -0.383 e. The van der Waals surface area contributed by atoms with Crippen molar-refractivity contribution < 1.29 is 9.13 Å². The van der Waals surface area contributed by atoms with Crippen LogP contribution in [0, 0.1) is 17.1 Å². The Balaban J connectivity index is 3.09. The van der Waals surface area contributed by atoms with Gasteiger partial charge in [-0.25, -0.2) is 4.39 Å². The molecule has 0 radical (unpaired) electrons. The van der Waals surface area contributed by atoms with Gasteiger partial charge in [0.05, 0.1) is 24.8 Å². The number of anilines is 1. The predicted molar refractivity (Wildman–Crippen MR) is 73.3 cm³/mol. The van der Waals surface area contributed by atoms with Crippen molar-refractivity contribution in [3.63, 3.8) is 0 Å². The van der Waals surface area contributed by atoms with Crippen LogP contribution in [0.25, 0.3) is 0 Å². The molecule has 0 saturated carbocycles. The summed E-state index contributed by atoms with van der Waals surface area (Å²) in [6, 6.07) is 6.68. The summed E-state index contributed by atoms with van der Waals surface area (Å²) < 4.78 is 19.1. The van der Waals surface area contributed by atoms with E-state index in [2.05, 4.69) is 6.07 Å². The van der Waals surface area contributed by atoms with Crippen LogP contribution in [-0.2, 0) is 4.74 Å². The van der Waals surface area contributed by atoms with Gasteiger partial charge >= 0.3 is 0 Å². The lowest BCUT2D eigenvalue weighted by Crippen LogP contribution is -2.30. The number of hydrogen-bond donors (Lipinski definition) is 1. The van der Waals surface area contributed by atoms with E-state index in [0.29, 0.717) is 31.8 Å². The first-order valence-electron chi connectivity index (χ1n) is 6.26. The summed E-state index contributed by atoms with van der Waals surface area (Å²) in [5, 5.41) is 8.71. The normalized spacial score (nSPS) is 11.9. The molecule has 2 N–H and O–H groups in total. The summed E-state index contributed by atoms with van der Waals surface area (Å²) in [6.45, 7) is 3.27. The van der Waals surface area contributed by atoms with E-state index >= 15 is 0 Å². The topological polar surface area (TPSA) is 62.3 Å². The monoisotopic (exact) mass is 265 g/mol. The molecule has 0 aliphatic heterocycles. The first kappa shape index (κ1) is 15.4. The highest BCUT2D eigenvalue weighted by molar-refractivity contribution is 5.56. The zero-order valence-corrected chi connectivity index (χ0v) is 11.4. The average Bonchev–Trinajstić information content (AvgIpc) is 2.39. The minimum atomic E-state index is -0.316. The van der Waals surface area contributed by atoms with Gasteiger partial charge in [0, 0.05) is 26.2 Å². The Morgan fingerprint density at radius 3 is 2.79 bits per heavy atom. The summed E-state index contributed by atoms with van der Waals surface area (Å²) in [7, 11) is 1.59. The van der Waals surface area contributed by atoms with Crippen molar-refractivity contribution in [2.75, 3.05) is 31.7 Å². The van der Waals surface area contributed by atoms with Crippen LogP contribution in [-0.4, -0.2) is 26.8 Å². The van der Waals surface area contributed by atoms with Gasteiger partial charge in [-0.1, -0.05) is 12.1 Å². The van der Waals surface area contributed by atoms with Crippen molar-refractivity contribution in [2.24, 2.45) is 5.73 Å².